The number of ether oxygens (including phenoxy) is 2. The number of nitrogens with one attached hydrogen (secondary N) is 1. The summed E-state index contributed by atoms with van der Waals surface area (Å²) in [5, 5.41) is 12.0. The van der Waals surface area contributed by atoms with Gasteiger partial charge in [0.05, 0.1) is 23.5 Å². The van der Waals surface area contributed by atoms with Crippen LogP contribution in [0.4, 0.5) is 11.4 Å². The van der Waals surface area contributed by atoms with E-state index >= 15 is 0 Å². The summed E-state index contributed by atoms with van der Waals surface area (Å²) in [5.74, 6) is -1.17. The van der Waals surface area contributed by atoms with Gasteiger partial charge in [-0.2, -0.15) is 0 Å². The Morgan fingerprint density at radius 3 is 2.62 bits per heavy atom. The maximum Gasteiger partial charge on any atom is 0.335 e. The Morgan fingerprint density at radius 1 is 1.21 bits per heavy atom. The number of carboxylic acid groups (broad SMARTS) is 1. The molecular formula is C21H22N2O6. The minimum absolute atomic E-state index is 0.0314. The Balaban J connectivity index is 1.87. The summed E-state index contributed by atoms with van der Waals surface area (Å²) in [5.41, 5.74) is -0.370. The summed E-state index contributed by atoms with van der Waals surface area (Å²) in [6.45, 7) is 5.17. The molecular weight excluding hydrogens is 376 g/mol. The molecule has 152 valence electrons. The van der Waals surface area contributed by atoms with Crippen molar-refractivity contribution >= 4 is 29.2 Å². The quantitative estimate of drug-likeness (QED) is 0.775. The van der Waals surface area contributed by atoms with Gasteiger partial charge >= 0.3 is 5.97 Å². The molecule has 29 heavy (non-hydrogen) atoms. The molecule has 8 nitrogen and oxygen atoms in total. The Bertz CT molecular complexity index is 969. The third kappa shape index (κ3) is 4.16. The van der Waals surface area contributed by atoms with Gasteiger partial charge in [-0.25, -0.2) is 4.79 Å². The number of carboxylic acids is 1. The van der Waals surface area contributed by atoms with Gasteiger partial charge in [0, 0.05) is 0 Å². The van der Waals surface area contributed by atoms with Gasteiger partial charge in [0.1, 0.15) is 18.0 Å². The number of carbonyl (C=O) groups is 3. The van der Waals surface area contributed by atoms with E-state index in [2.05, 4.69) is 5.32 Å². The normalized spacial score (nSPS) is 14.6. The van der Waals surface area contributed by atoms with Crippen LogP contribution in [0.2, 0.25) is 0 Å². The van der Waals surface area contributed by atoms with Crippen LogP contribution in [0.15, 0.2) is 42.5 Å². The number of hydrogen-bond acceptors (Lipinski definition) is 5. The fraction of sp³-hybridized carbons (Fsp3) is 0.286. The molecule has 0 spiro atoms. The van der Waals surface area contributed by atoms with Crippen molar-refractivity contribution in [1.82, 2.24) is 0 Å². The lowest BCUT2D eigenvalue weighted by atomic mass is 10.0. The van der Waals surface area contributed by atoms with Crippen molar-refractivity contribution in [3.63, 3.8) is 0 Å². The number of hydrogen-bond donors (Lipinski definition) is 2. The Kier molecular flexibility index (Phi) is 5.45. The molecule has 0 aromatic heterocycles. The van der Waals surface area contributed by atoms with E-state index in [-0.39, 0.29) is 17.9 Å². The number of amides is 2. The lowest BCUT2D eigenvalue weighted by Gasteiger charge is -2.38. The van der Waals surface area contributed by atoms with Crippen LogP contribution >= 0.6 is 0 Å². The van der Waals surface area contributed by atoms with Crippen molar-refractivity contribution in [1.29, 1.82) is 0 Å². The molecule has 0 fully saturated rings. The number of aromatic carboxylic acids is 1. The van der Waals surface area contributed by atoms with Crippen LogP contribution < -0.4 is 19.7 Å². The second-order valence-electron chi connectivity index (χ2n) is 6.97. The Morgan fingerprint density at radius 2 is 1.93 bits per heavy atom. The summed E-state index contributed by atoms with van der Waals surface area (Å²) < 4.78 is 11.2. The number of rotatable bonds is 6. The second-order valence-corrected chi connectivity index (χ2v) is 6.97. The molecule has 0 radical (unpaired) electrons. The molecule has 3 rings (SSSR count). The standard InChI is InChI=1S/C21H22N2O6/c1-4-28-16-8-6-5-7-14(16)22-18(24)12-23-15-10-9-13(19(25)26)11-17(15)29-21(2,3)20(23)27/h5-11H,4,12H2,1-3H3,(H,22,24)(H,25,26). The molecule has 1 aliphatic rings. The van der Waals surface area contributed by atoms with Crippen molar-refractivity contribution in [3.8, 4) is 11.5 Å². The molecule has 2 N–H and O–H groups in total. The Hall–Kier alpha value is -3.55. The van der Waals surface area contributed by atoms with Crippen LogP contribution in [0.5, 0.6) is 11.5 Å². The first-order valence-corrected chi connectivity index (χ1v) is 9.13. The molecule has 1 aliphatic heterocycles. The zero-order valence-electron chi connectivity index (χ0n) is 16.4. The van der Waals surface area contributed by atoms with Crippen molar-refractivity contribution < 1.29 is 29.0 Å². The third-order valence-corrected chi connectivity index (χ3v) is 4.39. The minimum Gasteiger partial charge on any atom is -0.492 e. The van der Waals surface area contributed by atoms with E-state index in [0.717, 1.165) is 0 Å². The Labute approximate surface area is 168 Å². The van der Waals surface area contributed by atoms with E-state index in [9.17, 15) is 19.5 Å². The van der Waals surface area contributed by atoms with Crippen molar-refractivity contribution in [2.45, 2.75) is 26.4 Å². The lowest BCUT2D eigenvalue weighted by Crippen LogP contribution is -2.54. The summed E-state index contributed by atoms with van der Waals surface area (Å²) in [7, 11) is 0. The van der Waals surface area contributed by atoms with Crippen LogP contribution in [0.25, 0.3) is 0 Å². The average molecular weight is 398 g/mol. The van der Waals surface area contributed by atoms with E-state index in [4.69, 9.17) is 9.47 Å². The lowest BCUT2D eigenvalue weighted by molar-refractivity contribution is -0.133. The molecule has 2 aromatic carbocycles. The molecule has 0 bridgehead atoms. The fourth-order valence-corrected chi connectivity index (χ4v) is 3.05. The summed E-state index contributed by atoms with van der Waals surface area (Å²) >= 11 is 0. The number of fused-ring (bicyclic) bond motifs is 1. The third-order valence-electron chi connectivity index (χ3n) is 4.39. The van der Waals surface area contributed by atoms with Gasteiger partial charge in [-0.15, -0.1) is 0 Å². The molecule has 0 saturated heterocycles. The van der Waals surface area contributed by atoms with Gasteiger partial charge in [-0.1, -0.05) is 12.1 Å². The van der Waals surface area contributed by atoms with Gasteiger partial charge in [0.25, 0.3) is 5.91 Å². The maximum atomic E-state index is 12.9. The average Bonchev–Trinajstić information content (AvgIpc) is 2.66. The largest absolute Gasteiger partial charge is 0.492 e. The van der Waals surface area contributed by atoms with E-state index in [1.807, 2.05) is 6.92 Å². The predicted molar refractivity (Wildman–Crippen MR) is 107 cm³/mol. The van der Waals surface area contributed by atoms with Crippen molar-refractivity contribution in [2.75, 3.05) is 23.4 Å². The van der Waals surface area contributed by atoms with Crippen molar-refractivity contribution in [3.05, 3.63) is 48.0 Å². The van der Waals surface area contributed by atoms with Gasteiger partial charge < -0.3 is 19.9 Å². The zero-order chi connectivity index (χ0) is 21.2. The SMILES string of the molecule is CCOc1ccccc1NC(=O)CN1C(=O)C(C)(C)Oc2cc(C(=O)O)ccc21. The van der Waals surface area contributed by atoms with Crippen molar-refractivity contribution in [2.24, 2.45) is 0 Å². The molecule has 0 atom stereocenters. The molecule has 1 heterocycles. The molecule has 8 heteroatoms. The van der Waals surface area contributed by atoms with Gasteiger partial charge in [0.2, 0.25) is 5.91 Å². The highest BCUT2D eigenvalue weighted by atomic mass is 16.5. The van der Waals surface area contributed by atoms with E-state index in [1.165, 1.54) is 23.1 Å². The summed E-state index contributed by atoms with van der Waals surface area (Å²) in [6, 6.07) is 11.2. The number of benzene rings is 2. The highest BCUT2D eigenvalue weighted by molar-refractivity contribution is 6.08. The zero-order valence-corrected chi connectivity index (χ0v) is 16.4. The second kappa shape index (κ2) is 7.83. The van der Waals surface area contributed by atoms with E-state index in [0.29, 0.717) is 23.7 Å². The number of carbonyl (C=O) groups excluding carboxylic acids is 2. The molecule has 0 saturated carbocycles. The molecule has 2 aromatic rings. The van der Waals surface area contributed by atoms with Crippen LogP contribution in [0, 0.1) is 0 Å². The van der Waals surface area contributed by atoms with E-state index in [1.54, 1.807) is 38.1 Å². The van der Waals surface area contributed by atoms with Gasteiger partial charge in [-0.3, -0.25) is 14.5 Å². The maximum absolute atomic E-state index is 12.9. The van der Waals surface area contributed by atoms with Crippen LogP contribution in [0.1, 0.15) is 31.1 Å². The topological polar surface area (TPSA) is 105 Å². The first kappa shape index (κ1) is 20.2. The fourth-order valence-electron chi connectivity index (χ4n) is 3.05. The molecule has 0 aliphatic carbocycles. The van der Waals surface area contributed by atoms with Crippen LogP contribution in [-0.4, -0.2) is 41.6 Å². The predicted octanol–water partition coefficient (Wildman–Crippen LogP) is 2.93. The van der Waals surface area contributed by atoms with Crippen LogP contribution in [-0.2, 0) is 9.59 Å². The molecule has 2 amide bonds. The van der Waals surface area contributed by atoms with Crippen LogP contribution in [0.3, 0.4) is 0 Å². The summed E-state index contributed by atoms with van der Waals surface area (Å²) in [6.07, 6.45) is 0. The highest BCUT2D eigenvalue weighted by Crippen LogP contribution is 2.38. The number of anilines is 2. The van der Waals surface area contributed by atoms with Gasteiger partial charge in [-0.05, 0) is 51.1 Å². The monoisotopic (exact) mass is 398 g/mol. The van der Waals surface area contributed by atoms with Gasteiger partial charge in [0.15, 0.2) is 5.60 Å². The first-order valence-electron chi connectivity index (χ1n) is 9.13. The van der Waals surface area contributed by atoms with E-state index < -0.39 is 23.4 Å². The summed E-state index contributed by atoms with van der Waals surface area (Å²) in [4.78, 5) is 38.1. The minimum atomic E-state index is -1.24. The number of nitrogens with zero attached hydrogens (tertiary/aromatic N) is 1. The first-order chi connectivity index (χ1) is 13.7. The number of para-hydroxylation sites is 2. The smallest absolute Gasteiger partial charge is 0.335 e. The molecule has 0 unspecified atom stereocenters. The highest BCUT2D eigenvalue weighted by Gasteiger charge is 2.41.